The summed E-state index contributed by atoms with van der Waals surface area (Å²) >= 11 is 0. The Labute approximate surface area is 146 Å². The summed E-state index contributed by atoms with van der Waals surface area (Å²) in [6.45, 7) is 4.64. The monoisotopic (exact) mass is 342 g/mol. The van der Waals surface area contributed by atoms with E-state index in [9.17, 15) is 9.59 Å². The van der Waals surface area contributed by atoms with Gasteiger partial charge in [-0.15, -0.1) is 0 Å². The summed E-state index contributed by atoms with van der Waals surface area (Å²) in [7, 11) is 1.58. The number of nitrogens with one attached hydrogen (secondary N) is 1. The summed E-state index contributed by atoms with van der Waals surface area (Å²) in [4.78, 5) is 26.9. The molecule has 0 radical (unpaired) electrons. The van der Waals surface area contributed by atoms with Crippen molar-refractivity contribution in [3.8, 4) is 5.69 Å². The van der Waals surface area contributed by atoms with Crippen molar-refractivity contribution in [3.05, 3.63) is 47.8 Å². The minimum Gasteiger partial charge on any atom is -0.378 e. The Balaban J connectivity index is 2.01. The number of hydrogen-bond donors (Lipinski definition) is 1. The van der Waals surface area contributed by atoms with Crippen molar-refractivity contribution in [2.24, 2.45) is 0 Å². The van der Waals surface area contributed by atoms with Gasteiger partial charge in [0.2, 0.25) is 5.91 Å². The molecule has 1 fully saturated rings. The van der Waals surface area contributed by atoms with Gasteiger partial charge in [-0.1, -0.05) is 18.2 Å². The first kappa shape index (κ1) is 17.2. The van der Waals surface area contributed by atoms with E-state index < -0.39 is 5.54 Å². The second-order valence-corrected chi connectivity index (χ2v) is 6.46. The van der Waals surface area contributed by atoms with Crippen LogP contribution in [-0.4, -0.2) is 52.2 Å². The highest BCUT2D eigenvalue weighted by atomic mass is 16.5. The van der Waals surface area contributed by atoms with Gasteiger partial charge in [0, 0.05) is 20.2 Å². The molecule has 1 aromatic carbocycles. The maximum Gasteiger partial charge on any atom is 0.258 e. The third kappa shape index (κ3) is 3.02. The molecule has 2 amide bonds. The van der Waals surface area contributed by atoms with E-state index in [2.05, 4.69) is 10.4 Å². The molecule has 3 rings (SSSR count). The maximum atomic E-state index is 13.1. The van der Waals surface area contributed by atoms with Gasteiger partial charge in [-0.05, 0) is 26.0 Å². The molecule has 0 atom stereocenters. The SMILES string of the molecule is COCc1c(C(=O)N2CCNC(=O)C2(C)C)cnn1-c1ccccc1. The largest absolute Gasteiger partial charge is 0.378 e. The van der Waals surface area contributed by atoms with Gasteiger partial charge in [0.1, 0.15) is 5.54 Å². The van der Waals surface area contributed by atoms with Crippen LogP contribution in [0.25, 0.3) is 5.69 Å². The fourth-order valence-electron chi connectivity index (χ4n) is 3.02. The zero-order valence-corrected chi connectivity index (χ0v) is 14.7. The Morgan fingerprint density at radius 1 is 1.32 bits per heavy atom. The summed E-state index contributed by atoms with van der Waals surface area (Å²) in [6, 6.07) is 9.57. The normalized spacial score (nSPS) is 16.6. The van der Waals surface area contributed by atoms with Crippen molar-refractivity contribution in [1.29, 1.82) is 0 Å². The number of carbonyl (C=O) groups excluding carboxylic acids is 2. The van der Waals surface area contributed by atoms with Crippen LogP contribution in [0.1, 0.15) is 29.9 Å². The summed E-state index contributed by atoms with van der Waals surface area (Å²) in [6.07, 6.45) is 1.55. The minimum absolute atomic E-state index is 0.157. The van der Waals surface area contributed by atoms with Crippen molar-refractivity contribution in [2.75, 3.05) is 20.2 Å². The van der Waals surface area contributed by atoms with Gasteiger partial charge >= 0.3 is 0 Å². The summed E-state index contributed by atoms with van der Waals surface area (Å²) in [5.74, 6) is -0.370. The van der Waals surface area contributed by atoms with Gasteiger partial charge in [0.05, 0.1) is 29.7 Å². The molecule has 132 valence electrons. The first-order valence-electron chi connectivity index (χ1n) is 8.18. The molecule has 0 bridgehead atoms. The van der Waals surface area contributed by atoms with Crippen LogP contribution in [0.15, 0.2) is 36.5 Å². The zero-order valence-electron chi connectivity index (χ0n) is 14.7. The van der Waals surface area contributed by atoms with Crippen molar-refractivity contribution in [3.63, 3.8) is 0 Å². The molecule has 7 nitrogen and oxygen atoms in total. The number of carbonyl (C=O) groups is 2. The molecular weight excluding hydrogens is 320 g/mol. The molecule has 2 heterocycles. The molecule has 1 aliphatic rings. The first-order chi connectivity index (χ1) is 12.0. The predicted octanol–water partition coefficient (Wildman–Crippen LogP) is 1.37. The lowest BCUT2D eigenvalue weighted by atomic mass is 9.97. The fourth-order valence-corrected chi connectivity index (χ4v) is 3.02. The van der Waals surface area contributed by atoms with E-state index in [1.807, 2.05) is 30.3 Å². The van der Waals surface area contributed by atoms with Crippen molar-refractivity contribution >= 4 is 11.8 Å². The van der Waals surface area contributed by atoms with E-state index in [1.54, 1.807) is 36.7 Å². The van der Waals surface area contributed by atoms with Crippen molar-refractivity contribution in [2.45, 2.75) is 26.0 Å². The lowest BCUT2D eigenvalue weighted by Crippen LogP contribution is -2.63. The molecule has 1 N–H and O–H groups in total. The number of piperazine rings is 1. The Morgan fingerprint density at radius 2 is 2.04 bits per heavy atom. The van der Waals surface area contributed by atoms with Crippen LogP contribution in [-0.2, 0) is 16.1 Å². The minimum atomic E-state index is -0.908. The van der Waals surface area contributed by atoms with E-state index in [1.165, 1.54) is 0 Å². The molecule has 0 unspecified atom stereocenters. The lowest BCUT2D eigenvalue weighted by molar-refractivity contribution is -0.133. The van der Waals surface area contributed by atoms with Gasteiger partial charge in [0.25, 0.3) is 5.91 Å². The van der Waals surface area contributed by atoms with Crippen LogP contribution < -0.4 is 5.32 Å². The molecule has 1 aromatic heterocycles. The second kappa shape index (κ2) is 6.68. The highest BCUT2D eigenvalue weighted by Crippen LogP contribution is 2.24. The van der Waals surface area contributed by atoms with E-state index in [0.717, 1.165) is 5.69 Å². The van der Waals surface area contributed by atoms with Crippen LogP contribution in [0.5, 0.6) is 0 Å². The average molecular weight is 342 g/mol. The average Bonchev–Trinajstić information content (AvgIpc) is 3.01. The first-order valence-corrected chi connectivity index (χ1v) is 8.18. The molecule has 0 saturated carbocycles. The number of nitrogens with zero attached hydrogens (tertiary/aromatic N) is 3. The van der Waals surface area contributed by atoms with Crippen LogP contribution in [0, 0.1) is 0 Å². The van der Waals surface area contributed by atoms with E-state index >= 15 is 0 Å². The molecule has 7 heteroatoms. The zero-order chi connectivity index (χ0) is 18.0. The number of rotatable bonds is 4. The number of benzene rings is 1. The van der Waals surface area contributed by atoms with Crippen molar-refractivity contribution < 1.29 is 14.3 Å². The van der Waals surface area contributed by atoms with Crippen LogP contribution in [0.3, 0.4) is 0 Å². The summed E-state index contributed by atoms with van der Waals surface area (Å²) in [5.41, 5.74) is 1.06. The lowest BCUT2D eigenvalue weighted by Gasteiger charge is -2.41. The van der Waals surface area contributed by atoms with E-state index in [0.29, 0.717) is 24.3 Å². The summed E-state index contributed by atoms with van der Waals surface area (Å²) in [5, 5.41) is 7.18. The molecule has 0 aliphatic carbocycles. The van der Waals surface area contributed by atoms with Crippen LogP contribution in [0.4, 0.5) is 0 Å². The number of methoxy groups -OCH3 is 1. The Morgan fingerprint density at radius 3 is 2.72 bits per heavy atom. The van der Waals surface area contributed by atoms with Crippen LogP contribution >= 0.6 is 0 Å². The Hall–Kier alpha value is -2.67. The Bertz CT molecular complexity index is 783. The predicted molar refractivity (Wildman–Crippen MR) is 92.4 cm³/mol. The molecule has 25 heavy (non-hydrogen) atoms. The van der Waals surface area contributed by atoms with Gasteiger partial charge in [-0.25, -0.2) is 4.68 Å². The van der Waals surface area contributed by atoms with Gasteiger partial charge in [-0.3, -0.25) is 9.59 Å². The van der Waals surface area contributed by atoms with Gasteiger partial charge in [0.15, 0.2) is 0 Å². The van der Waals surface area contributed by atoms with Crippen LogP contribution in [0.2, 0.25) is 0 Å². The van der Waals surface area contributed by atoms with E-state index in [-0.39, 0.29) is 18.4 Å². The smallest absolute Gasteiger partial charge is 0.258 e. The third-order valence-electron chi connectivity index (χ3n) is 4.48. The third-order valence-corrected chi connectivity index (χ3v) is 4.48. The highest BCUT2D eigenvalue weighted by molar-refractivity contribution is 6.00. The molecule has 2 aromatic rings. The second-order valence-electron chi connectivity index (χ2n) is 6.46. The Kier molecular flexibility index (Phi) is 4.59. The van der Waals surface area contributed by atoms with E-state index in [4.69, 9.17) is 4.74 Å². The van der Waals surface area contributed by atoms with Gasteiger partial charge < -0.3 is 15.0 Å². The number of para-hydroxylation sites is 1. The number of hydrogen-bond acceptors (Lipinski definition) is 4. The highest BCUT2D eigenvalue weighted by Gasteiger charge is 2.41. The fraction of sp³-hybridized carbons (Fsp3) is 0.389. The summed E-state index contributed by atoms with van der Waals surface area (Å²) < 4.78 is 6.99. The maximum absolute atomic E-state index is 13.1. The number of ether oxygens (including phenoxy) is 1. The topological polar surface area (TPSA) is 76.5 Å². The number of aromatic nitrogens is 2. The molecule has 1 aliphatic heterocycles. The standard InChI is InChI=1S/C18H22N4O3/c1-18(2)17(24)19-9-10-21(18)16(23)14-11-20-22(15(14)12-25-3)13-7-5-4-6-8-13/h4-8,11H,9-10,12H2,1-3H3,(H,19,24). The molecule has 1 saturated heterocycles. The van der Waals surface area contributed by atoms with Crippen molar-refractivity contribution in [1.82, 2.24) is 20.0 Å². The molecular formula is C18H22N4O3. The van der Waals surface area contributed by atoms with Gasteiger partial charge in [-0.2, -0.15) is 5.10 Å². The molecule has 0 spiro atoms. The number of amides is 2. The quantitative estimate of drug-likeness (QED) is 0.910.